The molecule has 0 spiro atoms. The maximum atomic E-state index is 11.4. The zero-order chi connectivity index (χ0) is 10.1. The highest BCUT2D eigenvalue weighted by atomic mass is 16.3. The van der Waals surface area contributed by atoms with Gasteiger partial charge in [-0.05, 0) is 44.1 Å². The zero-order valence-electron chi connectivity index (χ0n) is 8.75. The van der Waals surface area contributed by atoms with Crippen molar-refractivity contribution in [2.24, 2.45) is 5.92 Å². The molecular formula is C12H18O2. The van der Waals surface area contributed by atoms with E-state index in [0.29, 0.717) is 18.1 Å². The summed E-state index contributed by atoms with van der Waals surface area (Å²) in [7, 11) is 0. The van der Waals surface area contributed by atoms with Crippen LogP contribution in [0.5, 0.6) is 0 Å². The molecule has 2 aliphatic carbocycles. The molecule has 0 amide bonds. The van der Waals surface area contributed by atoms with Crippen LogP contribution in [-0.2, 0) is 4.79 Å². The van der Waals surface area contributed by atoms with Gasteiger partial charge in [-0.25, -0.2) is 0 Å². The van der Waals surface area contributed by atoms with Crippen LogP contribution in [-0.4, -0.2) is 17.0 Å². The molecule has 1 N–H and O–H groups in total. The van der Waals surface area contributed by atoms with Crippen molar-refractivity contribution in [3.05, 3.63) is 11.1 Å². The first kappa shape index (κ1) is 9.91. The lowest BCUT2D eigenvalue weighted by atomic mass is 9.81. The highest BCUT2D eigenvalue weighted by molar-refractivity contribution is 5.98. The van der Waals surface area contributed by atoms with Crippen molar-refractivity contribution in [3.63, 3.8) is 0 Å². The second-order valence-electron chi connectivity index (χ2n) is 4.59. The summed E-state index contributed by atoms with van der Waals surface area (Å²) in [4.78, 5) is 11.4. The van der Waals surface area contributed by atoms with Crippen LogP contribution < -0.4 is 0 Å². The van der Waals surface area contributed by atoms with Gasteiger partial charge in [0.2, 0.25) is 0 Å². The molecule has 14 heavy (non-hydrogen) atoms. The van der Waals surface area contributed by atoms with Crippen LogP contribution in [0.2, 0.25) is 0 Å². The minimum atomic E-state index is -0.134. The highest BCUT2D eigenvalue weighted by Crippen LogP contribution is 2.37. The van der Waals surface area contributed by atoms with Crippen molar-refractivity contribution in [2.45, 2.75) is 51.6 Å². The molecule has 2 heteroatoms. The number of Topliss-reactive ketones (excluding diaryl/α,β-unsaturated/α-hetero) is 1. The molecule has 0 heterocycles. The Morgan fingerprint density at radius 1 is 1.29 bits per heavy atom. The lowest BCUT2D eigenvalue weighted by Crippen LogP contribution is -2.20. The van der Waals surface area contributed by atoms with Gasteiger partial charge in [0.15, 0.2) is 5.78 Å². The first-order chi connectivity index (χ1) is 6.68. The molecular weight excluding hydrogens is 176 g/mol. The van der Waals surface area contributed by atoms with Crippen molar-refractivity contribution >= 4 is 5.78 Å². The molecule has 0 aliphatic heterocycles. The van der Waals surface area contributed by atoms with Gasteiger partial charge >= 0.3 is 0 Å². The van der Waals surface area contributed by atoms with E-state index in [9.17, 15) is 9.90 Å². The number of aliphatic hydroxyl groups is 1. The lowest BCUT2D eigenvalue weighted by molar-refractivity contribution is -0.114. The van der Waals surface area contributed by atoms with Crippen molar-refractivity contribution in [3.8, 4) is 0 Å². The quantitative estimate of drug-likeness (QED) is 0.695. The van der Waals surface area contributed by atoms with Gasteiger partial charge in [-0.15, -0.1) is 0 Å². The fourth-order valence-electron chi connectivity index (χ4n) is 2.79. The van der Waals surface area contributed by atoms with Gasteiger partial charge in [0.25, 0.3) is 0 Å². The highest BCUT2D eigenvalue weighted by Gasteiger charge is 2.29. The lowest BCUT2D eigenvalue weighted by Gasteiger charge is -2.27. The summed E-state index contributed by atoms with van der Waals surface area (Å²) in [6.45, 7) is 1.95. The van der Waals surface area contributed by atoms with Crippen LogP contribution in [0.4, 0.5) is 0 Å². The molecule has 78 valence electrons. The van der Waals surface area contributed by atoms with E-state index in [0.717, 1.165) is 37.7 Å². The molecule has 1 saturated carbocycles. The van der Waals surface area contributed by atoms with Gasteiger partial charge in [-0.1, -0.05) is 12.0 Å². The Morgan fingerprint density at radius 3 is 2.64 bits per heavy atom. The van der Waals surface area contributed by atoms with Crippen molar-refractivity contribution in [1.29, 1.82) is 0 Å². The van der Waals surface area contributed by atoms with Crippen LogP contribution in [0.3, 0.4) is 0 Å². The Labute approximate surface area is 85.0 Å². The standard InChI is InChI=1S/C12H18O2/c1-8-11(5-6-12(8)14)9-3-2-4-10(13)7-9/h9-10,13H,2-7H2,1H3/t9-,10-/m1/s1. The van der Waals surface area contributed by atoms with E-state index in [1.807, 2.05) is 6.92 Å². The summed E-state index contributed by atoms with van der Waals surface area (Å²) in [5.41, 5.74) is 2.33. The number of hydrogen-bond donors (Lipinski definition) is 1. The average Bonchev–Trinajstić information content (AvgIpc) is 2.48. The molecule has 2 atom stereocenters. The third-order valence-corrected chi connectivity index (χ3v) is 3.66. The summed E-state index contributed by atoms with van der Waals surface area (Å²) in [6, 6.07) is 0. The topological polar surface area (TPSA) is 37.3 Å². The van der Waals surface area contributed by atoms with E-state index in [1.54, 1.807) is 0 Å². The maximum absolute atomic E-state index is 11.4. The van der Waals surface area contributed by atoms with Gasteiger partial charge in [-0.3, -0.25) is 4.79 Å². The van der Waals surface area contributed by atoms with Crippen LogP contribution in [0.15, 0.2) is 11.1 Å². The Hall–Kier alpha value is -0.630. The van der Waals surface area contributed by atoms with Gasteiger partial charge in [0, 0.05) is 6.42 Å². The van der Waals surface area contributed by atoms with E-state index < -0.39 is 0 Å². The Kier molecular flexibility index (Phi) is 2.73. The monoisotopic (exact) mass is 194 g/mol. The maximum Gasteiger partial charge on any atom is 0.158 e. The van der Waals surface area contributed by atoms with E-state index in [4.69, 9.17) is 0 Å². The number of allylic oxidation sites excluding steroid dienone is 2. The smallest absolute Gasteiger partial charge is 0.158 e. The number of carbonyl (C=O) groups is 1. The third kappa shape index (κ3) is 1.76. The number of hydrogen-bond acceptors (Lipinski definition) is 2. The van der Waals surface area contributed by atoms with Crippen molar-refractivity contribution < 1.29 is 9.90 Å². The molecule has 1 fully saturated rings. The first-order valence-electron chi connectivity index (χ1n) is 5.59. The van der Waals surface area contributed by atoms with Crippen molar-refractivity contribution in [2.75, 3.05) is 0 Å². The predicted octanol–water partition coefficient (Wildman–Crippen LogP) is 2.22. The normalized spacial score (nSPS) is 34.0. The second kappa shape index (κ2) is 3.85. The summed E-state index contributed by atoms with van der Waals surface area (Å²) >= 11 is 0. The molecule has 0 radical (unpaired) electrons. The van der Waals surface area contributed by atoms with Crippen LogP contribution in [0, 0.1) is 5.92 Å². The average molecular weight is 194 g/mol. The van der Waals surface area contributed by atoms with Crippen LogP contribution >= 0.6 is 0 Å². The van der Waals surface area contributed by atoms with Gasteiger partial charge in [0.1, 0.15) is 0 Å². The van der Waals surface area contributed by atoms with Crippen LogP contribution in [0.1, 0.15) is 45.4 Å². The largest absolute Gasteiger partial charge is 0.393 e. The molecule has 0 aromatic heterocycles. The van der Waals surface area contributed by atoms with E-state index >= 15 is 0 Å². The molecule has 2 rings (SSSR count). The molecule has 0 bridgehead atoms. The van der Waals surface area contributed by atoms with E-state index in [-0.39, 0.29) is 6.10 Å². The SMILES string of the molecule is CC1=C([C@@H]2CCC[C@@H](O)C2)CCC1=O. The van der Waals surface area contributed by atoms with Gasteiger partial charge in [-0.2, -0.15) is 0 Å². The Bertz CT molecular complexity index is 278. The van der Waals surface area contributed by atoms with E-state index in [2.05, 4.69) is 0 Å². The van der Waals surface area contributed by atoms with Gasteiger partial charge in [0.05, 0.1) is 6.10 Å². The number of aliphatic hydroxyl groups excluding tert-OH is 1. The van der Waals surface area contributed by atoms with E-state index in [1.165, 1.54) is 5.57 Å². The first-order valence-corrected chi connectivity index (χ1v) is 5.59. The summed E-state index contributed by atoms with van der Waals surface area (Å²) in [5.74, 6) is 0.810. The molecule has 2 nitrogen and oxygen atoms in total. The number of rotatable bonds is 1. The summed E-state index contributed by atoms with van der Waals surface area (Å²) < 4.78 is 0. The zero-order valence-corrected chi connectivity index (χ0v) is 8.75. The number of carbonyl (C=O) groups excluding carboxylic acids is 1. The summed E-state index contributed by atoms with van der Waals surface area (Å²) in [6.07, 6.45) is 5.60. The minimum Gasteiger partial charge on any atom is -0.393 e. The Morgan fingerprint density at radius 2 is 2.07 bits per heavy atom. The fraction of sp³-hybridized carbons (Fsp3) is 0.750. The second-order valence-corrected chi connectivity index (χ2v) is 4.59. The molecule has 0 aromatic rings. The summed E-state index contributed by atoms with van der Waals surface area (Å²) in [5, 5.41) is 9.58. The minimum absolute atomic E-state index is 0.134. The molecule has 0 saturated heterocycles. The molecule has 0 unspecified atom stereocenters. The Balaban J connectivity index is 2.11. The van der Waals surface area contributed by atoms with Crippen molar-refractivity contribution in [1.82, 2.24) is 0 Å². The third-order valence-electron chi connectivity index (χ3n) is 3.66. The van der Waals surface area contributed by atoms with Crippen LogP contribution in [0.25, 0.3) is 0 Å². The molecule has 0 aromatic carbocycles. The van der Waals surface area contributed by atoms with Gasteiger partial charge < -0.3 is 5.11 Å². The molecule has 2 aliphatic rings. The predicted molar refractivity (Wildman–Crippen MR) is 54.9 cm³/mol. The fourth-order valence-corrected chi connectivity index (χ4v) is 2.79. The number of ketones is 1.